The van der Waals surface area contributed by atoms with Crippen LogP contribution in [-0.2, 0) is 20.8 Å². The van der Waals surface area contributed by atoms with Crippen LogP contribution in [0.3, 0.4) is 0 Å². The van der Waals surface area contributed by atoms with Crippen LogP contribution >= 0.6 is 0 Å². The van der Waals surface area contributed by atoms with Crippen LogP contribution in [-0.4, -0.2) is 29.7 Å². The lowest BCUT2D eigenvalue weighted by atomic mass is 10.0. The van der Waals surface area contributed by atoms with Gasteiger partial charge in [-0.3, -0.25) is 4.79 Å². The highest BCUT2D eigenvalue weighted by atomic mass is 16.7. The summed E-state index contributed by atoms with van der Waals surface area (Å²) < 4.78 is 11.2. The van der Waals surface area contributed by atoms with E-state index in [1.807, 2.05) is 30.3 Å². The second kappa shape index (κ2) is 8.51. The first kappa shape index (κ1) is 18.0. The van der Waals surface area contributed by atoms with Gasteiger partial charge < -0.3 is 14.4 Å². The Morgan fingerprint density at radius 3 is 2.71 bits per heavy atom. The fourth-order valence-corrected chi connectivity index (χ4v) is 2.62. The molecule has 0 bridgehead atoms. The molecule has 0 radical (unpaired) electrons. The van der Waals surface area contributed by atoms with E-state index in [9.17, 15) is 10.1 Å². The topological polar surface area (TPSA) is 62.6 Å². The van der Waals surface area contributed by atoms with Crippen LogP contribution in [0.4, 0.5) is 0 Å². The molecule has 1 aliphatic rings. The van der Waals surface area contributed by atoms with E-state index in [0.717, 1.165) is 5.56 Å². The molecule has 24 heavy (non-hydrogen) atoms. The minimum Gasteiger partial charge on any atom is -0.471 e. The molecule has 1 aliphatic heterocycles. The van der Waals surface area contributed by atoms with E-state index in [-0.39, 0.29) is 11.9 Å². The summed E-state index contributed by atoms with van der Waals surface area (Å²) in [6.45, 7) is 6.68. The van der Waals surface area contributed by atoms with Crippen LogP contribution in [0.2, 0.25) is 0 Å². The van der Waals surface area contributed by atoms with Crippen molar-refractivity contribution in [3.05, 3.63) is 47.7 Å². The number of hydrogen-bond donors (Lipinski definition) is 0. The summed E-state index contributed by atoms with van der Waals surface area (Å²) in [4.78, 5) is 13.9. The number of ether oxygens (including phenoxy) is 2. The molecule has 2 unspecified atom stereocenters. The largest absolute Gasteiger partial charge is 0.471 e. The van der Waals surface area contributed by atoms with Gasteiger partial charge in [-0.15, -0.1) is 0 Å². The first-order valence-electron chi connectivity index (χ1n) is 8.19. The lowest BCUT2D eigenvalue weighted by Gasteiger charge is -2.35. The normalized spacial score (nSPS) is 20.0. The van der Waals surface area contributed by atoms with E-state index in [4.69, 9.17) is 9.47 Å². The molecule has 5 heteroatoms. The van der Waals surface area contributed by atoms with Crippen LogP contribution in [0.15, 0.2) is 42.2 Å². The fourth-order valence-electron chi connectivity index (χ4n) is 2.62. The van der Waals surface area contributed by atoms with Crippen molar-refractivity contribution in [3.8, 4) is 6.07 Å². The van der Waals surface area contributed by atoms with E-state index in [0.29, 0.717) is 31.1 Å². The van der Waals surface area contributed by atoms with Crippen molar-refractivity contribution in [3.63, 3.8) is 0 Å². The number of nitriles is 1. The van der Waals surface area contributed by atoms with Gasteiger partial charge in [-0.25, -0.2) is 0 Å². The molecule has 5 nitrogen and oxygen atoms in total. The minimum atomic E-state index is -0.438. The van der Waals surface area contributed by atoms with Crippen molar-refractivity contribution in [1.29, 1.82) is 5.26 Å². The predicted molar refractivity (Wildman–Crippen MR) is 90.4 cm³/mol. The Hall–Kier alpha value is -2.32. The van der Waals surface area contributed by atoms with Crippen molar-refractivity contribution in [2.45, 2.75) is 46.1 Å². The minimum absolute atomic E-state index is 0.0745. The third-order valence-electron chi connectivity index (χ3n) is 3.84. The molecule has 1 aromatic carbocycles. The zero-order valence-electron chi connectivity index (χ0n) is 14.4. The van der Waals surface area contributed by atoms with E-state index in [1.54, 1.807) is 4.90 Å². The summed E-state index contributed by atoms with van der Waals surface area (Å²) in [6, 6.07) is 11.6. The highest BCUT2D eigenvalue weighted by molar-refractivity contribution is 5.74. The summed E-state index contributed by atoms with van der Waals surface area (Å²) in [6.07, 6.45) is 1.45. The maximum absolute atomic E-state index is 12.2. The quantitative estimate of drug-likeness (QED) is 0.804. The Morgan fingerprint density at radius 1 is 1.42 bits per heavy atom. The molecule has 128 valence electrons. The zero-order valence-corrected chi connectivity index (χ0v) is 14.4. The Labute approximate surface area is 143 Å². The maximum Gasteiger partial charge on any atom is 0.220 e. The Morgan fingerprint density at radius 2 is 2.12 bits per heavy atom. The molecule has 1 aromatic rings. The van der Waals surface area contributed by atoms with E-state index < -0.39 is 6.29 Å². The Balaban J connectivity index is 2.16. The van der Waals surface area contributed by atoms with Crippen LogP contribution < -0.4 is 0 Å². The molecule has 0 fully saturated rings. The Bertz CT molecular complexity index is 619. The number of amides is 1. The van der Waals surface area contributed by atoms with Crippen LogP contribution in [0, 0.1) is 17.2 Å². The second-order valence-electron chi connectivity index (χ2n) is 6.36. The number of benzene rings is 1. The van der Waals surface area contributed by atoms with E-state index in [2.05, 4.69) is 19.9 Å². The third kappa shape index (κ3) is 4.84. The molecule has 0 aromatic heterocycles. The molecule has 0 aliphatic carbocycles. The maximum atomic E-state index is 12.2. The molecule has 0 spiro atoms. The van der Waals surface area contributed by atoms with Gasteiger partial charge in [-0.2, -0.15) is 5.26 Å². The van der Waals surface area contributed by atoms with E-state index >= 15 is 0 Å². The molecule has 1 amide bonds. The lowest BCUT2D eigenvalue weighted by molar-refractivity contribution is -0.145. The number of carbonyl (C=O) groups excluding carboxylic acids is 1. The van der Waals surface area contributed by atoms with Gasteiger partial charge in [0.2, 0.25) is 12.2 Å². The van der Waals surface area contributed by atoms with Gasteiger partial charge >= 0.3 is 0 Å². The second-order valence-corrected chi connectivity index (χ2v) is 6.36. The average Bonchev–Trinajstić information content (AvgIpc) is 2.58. The van der Waals surface area contributed by atoms with Gasteiger partial charge in [0.25, 0.3) is 0 Å². The highest BCUT2D eigenvalue weighted by Crippen LogP contribution is 2.26. The highest BCUT2D eigenvalue weighted by Gasteiger charge is 2.32. The van der Waals surface area contributed by atoms with Gasteiger partial charge in [-0.05, 0) is 11.5 Å². The molecular formula is C19H24N2O3. The molecule has 2 rings (SSSR count). The van der Waals surface area contributed by atoms with Crippen molar-refractivity contribution >= 4 is 5.91 Å². The van der Waals surface area contributed by atoms with Gasteiger partial charge in [0, 0.05) is 19.9 Å². The summed E-state index contributed by atoms with van der Waals surface area (Å²) >= 11 is 0. The van der Waals surface area contributed by atoms with Gasteiger partial charge in [0.05, 0.1) is 18.2 Å². The number of carbonyl (C=O) groups is 1. The number of rotatable bonds is 6. The molecular weight excluding hydrogens is 304 g/mol. The first-order chi connectivity index (χ1) is 11.5. The standard InChI is InChI=1S/C19H24N2O3/c1-14(2)12-23-19-9-18(17(10-20)13-24-19)21(15(3)22)11-16-7-5-4-6-8-16/h4-8,13-14,18-19H,9,11-12H2,1-3H3. The summed E-state index contributed by atoms with van der Waals surface area (Å²) in [5.74, 6) is 0.316. The first-order valence-corrected chi connectivity index (χ1v) is 8.19. The molecule has 0 N–H and O–H groups in total. The predicted octanol–water partition coefficient (Wildman–Crippen LogP) is 3.23. The fraction of sp³-hybridized carbons (Fsp3) is 0.474. The molecule has 0 saturated carbocycles. The molecule has 2 atom stereocenters. The molecule has 1 heterocycles. The van der Waals surface area contributed by atoms with Gasteiger partial charge in [0.15, 0.2) is 0 Å². The van der Waals surface area contributed by atoms with Gasteiger partial charge in [-0.1, -0.05) is 44.2 Å². The van der Waals surface area contributed by atoms with Crippen LogP contribution in [0.1, 0.15) is 32.8 Å². The van der Waals surface area contributed by atoms with Gasteiger partial charge in [0.1, 0.15) is 12.3 Å². The van der Waals surface area contributed by atoms with Crippen LogP contribution in [0.25, 0.3) is 0 Å². The summed E-state index contributed by atoms with van der Waals surface area (Å²) in [5.41, 5.74) is 1.47. The zero-order chi connectivity index (χ0) is 17.5. The number of hydrogen-bond acceptors (Lipinski definition) is 4. The Kier molecular flexibility index (Phi) is 6.39. The summed E-state index contributed by atoms with van der Waals surface area (Å²) in [7, 11) is 0. The van der Waals surface area contributed by atoms with Crippen LogP contribution in [0.5, 0.6) is 0 Å². The SMILES string of the molecule is CC(=O)N(Cc1ccccc1)C1CC(OCC(C)C)OC=C1C#N. The van der Waals surface area contributed by atoms with Crippen molar-refractivity contribution < 1.29 is 14.3 Å². The smallest absolute Gasteiger partial charge is 0.220 e. The average molecular weight is 328 g/mol. The number of nitrogens with zero attached hydrogens (tertiary/aromatic N) is 2. The van der Waals surface area contributed by atoms with E-state index in [1.165, 1.54) is 13.2 Å². The monoisotopic (exact) mass is 328 g/mol. The van der Waals surface area contributed by atoms with Crippen molar-refractivity contribution in [1.82, 2.24) is 4.90 Å². The van der Waals surface area contributed by atoms with Crippen molar-refractivity contribution in [2.75, 3.05) is 6.61 Å². The summed E-state index contributed by atoms with van der Waals surface area (Å²) in [5, 5.41) is 9.39. The lowest BCUT2D eigenvalue weighted by Crippen LogP contribution is -2.44. The molecule has 0 saturated heterocycles. The van der Waals surface area contributed by atoms with Crippen molar-refractivity contribution in [2.24, 2.45) is 5.92 Å². The third-order valence-corrected chi connectivity index (χ3v) is 3.84.